The van der Waals surface area contributed by atoms with Gasteiger partial charge in [-0.25, -0.2) is 14.7 Å². The van der Waals surface area contributed by atoms with Gasteiger partial charge in [0.05, 0.1) is 13.2 Å². The van der Waals surface area contributed by atoms with Crippen molar-refractivity contribution in [1.82, 2.24) is 0 Å². The molecule has 1 atom stereocenters. The van der Waals surface area contributed by atoms with Gasteiger partial charge >= 0.3 is 0 Å². The number of hydrogen-bond acceptors (Lipinski definition) is 4. The molecular weight excluding hydrogens is 300 g/mol. The fourth-order valence-corrected chi connectivity index (χ4v) is 1.34. The quantitative estimate of drug-likeness (QED) is 0.229. The summed E-state index contributed by atoms with van der Waals surface area (Å²) in [5, 5.41) is 8.80. The lowest BCUT2D eigenvalue weighted by Gasteiger charge is -2.28. The van der Waals surface area contributed by atoms with Crippen LogP contribution in [0, 0.1) is 5.41 Å². The Hall–Kier alpha value is 0.0600. The predicted molar refractivity (Wildman–Crippen MR) is 75.6 cm³/mol. The lowest BCUT2D eigenvalue weighted by Crippen LogP contribution is -2.28. The van der Waals surface area contributed by atoms with Crippen LogP contribution in [0.15, 0.2) is 12.2 Å². The Kier molecular flexibility index (Phi) is 7.63. The van der Waals surface area contributed by atoms with Gasteiger partial charge in [-0.2, -0.15) is 0 Å². The van der Waals surface area contributed by atoms with Gasteiger partial charge < -0.3 is 0 Å². The van der Waals surface area contributed by atoms with E-state index in [1.807, 2.05) is 34.6 Å². The minimum Gasteiger partial charge on any atom is -0.251 e. The second-order valence-electron chi connectivity index (χ2n) is 6.05. The molecule has 5 heteroatoms. The molecule has 0 spiro atoms. The number of rotatable bonds is 9. The van der Waals surface area contributed by atoms with Gasteiger partial charge in [-0.1, -0.05) is 36.4 Å². The molecule has 1 N–H and O–H groups in total. The van der Waals surface area contributed by atoms with E-state index in [0.29, 0.717) is 19.6 Å². The summed E-state index contributed by atoms with van der Waals surface area (Å²) in [6.45, 7) is 14.5. The highest BCUT2D eigenvalue weighted by Gasteiger charge is 2.26. The summed E-state index contributed by atoms with van der Waals surface area (Å²) in [4.78, 5) is 14.7. The molecule has 4 nitrogen and oxygen atoms in total. The average molecular weight is 325 g/mol. The maximum absolute atomic E-state index is 8.80. The van der Waals surface area contributed by atoms with Gasteiger partial charge in [0.25, 0.3) is 0 Å². The molecule has 108 valence electrons. The third-order valence-corrected chi connectivity index (χ3v) is 2.58. The largest absolute Gasteiger partial charge is 0.251 e. The first-order chi connectivity index (χ1) is 8.07. The van der Waals surface area contributed by atoms with Crippen molar-refractivity contribution in [2.75, 3.05) is 13.2 Å². The van der Waals surface area contributed by atoms with Crippen LogP contribution in [0.4, 0.5) is 0 Å². The van der Waals surface area contributed by atoms with Gasteiger partial charge in [0.2, 0.25) is 0 Å². The number of hydrogen-bond donors (Lipinski definition) is 1. The maximum atomic E-state index is 8.80. The first-order valence-electron chi connectivity index (χ1n) is 5.96. The maximum Gasteiger partial charge on any atom is 0.114 e. The summed E-state index contributed by atoms with van der Waals surface area (Å²) < 4.78 is -0.106. The first-order valence-corrected chi connectivity index (χ1v) is 6.76. The zero-order chi connectivity index (χ0) is 14.4. The molecule has 0 aliphatic rings. The van der Waals surface area contributed by atoms with E-state index < -0.39 is 0 Å². The van der Waals surface area contributed by atoms with Gasteiger partial charge in [0.1, 0.15) is 6.10 Å². The van der Waals surface area contributed by atoms with E-state index in [0.717, 1.165) is 5.57 Å². The standard InChI is InChI=1S/C13H25BrO4/c1-10(2)11(18-15)7-12(3,4)8-16-17-9-13(5,6)14/h11,15H,1,7-9H2,2-6H3. The van der Waals surface area contributed by atoms with Gasteiger partial charge in [-0.15, -0.1) is 0 Å². The Morgan fingerprint density at radius 1 is 1.22 bits per heavy atom. The zero-order valence-electron chi connectivity index (χ0n) is 12.0. The summed E-state index contributed by atoms with van der Waals surface area (Å²) in [5.74, 6) is 0. The molecule has 0 radical (unpaired) electrons. The molecule has 0 amide bonds. The smallest absolute Gasteiger partial charge is 0.114 e. The van der Waals surface area contributed by atoms with E-state index in [9.17, 15) is 0 Å². The van der Waals surface area contributed by atoms with E-state index in [1.165, 1.54) is 0 Å². The van der Waals surface area contributed by atoms with E-state index in [4.69, 9.17) is 15.0 Å². The molecule has 0 saturated carbocycles. The fourth-order valence-electron chi connectivity index (χ4n) is 1.25. The average Bonchev–Trinajstić information content (AvgIpc) is 2.19. The fraction of sp³-hybridized carbons (Fsp3) is 0.846. The second-order valence-corrected chi connectivity index (χ2v) is 8.20. The molecule has 0 fully saturated rings. The normalized spacial score (nSPS) is 14.6. The van der Waals surface area contributed by atoms with Crippen LogP contribution in [0.2, 0.25) is 0 Å². The molecule has 0 heterocycles. The van der Waals surface area contributed by atoms with Gasteiger partial charge in [-0.3, -0.25) is 5.26 Å². The Balaban J connectivity index is 4.03. The molecule has 0 rings (SSSR count). The minimum atomic E-state index is -0.379. The van der Waals surface area contributed by atoms with Crippen molar-refractivity contribution in [3.8, 4) is 0 Å². The van der Waals surface area contributed by atoms with Crippen LogP contribution in [0.1, 0.15) is 41.0 Å². The summed E-state index contributed by atoms with van der Waals surface area (Å²) in [6, 6.07) is 0. The van der Waals surface area contributed by atoms with Crippen LogP contribution in [-0.4, -0.2) is 28.9 Å². The molecule has 0 aromatic carbocycles. The zero-order valence-corrected chi connectivity index (χ0v) is 13.5. The van der Waals surface area contributed by atoms with Crippen molar-refractivity contribution in [2.24, 2.45) is 5.41 Å². The van der Waals surface area contributed by atoms with Gasteiger partial charge in [-0.05, 0) is 38.2 Å². The minimum absolute atomic E-state index is 0.106. The first kappa shape index (κ1) is 18.1. The molecular formula is C13H25BrO4. The van der Waals surface area contributed by atoms with Gasteiger partial charge in [0, 0.05) is 4.32 Å². The Morgan fingerprint density at radius 3 is 2.11 bits per heavy atom. The lowest BCUT2D eigenvalue weighted by atomic mass is 9.86. The third kappa shape index (κ3) is 9.05. The van der Waals surface area contributed by atoms with Crippen LogP contribution in [0.25, 0.3) is 0 Å². The van der Waals surface area contributed by atoms with Crippen molar-refractivity contribution in [2.45, 2.75) is 51.5 Å². The van der Waals surface area contributed by atoms with Crippen LogP contribution in [-0.2, 0) is 14.7 Å². The molecule has 0 aliphatic carbocycles. The molecule has 0 aliphatic heterocycles. The SMILES string of the molecule is C=C(C)C(CC(C)(C)COOCC(C)(C)Br)OO. The lowest BCUT2D eigenvalue weighted by molar-refractivity contribution is -0.316. The summed E-state index contributed by atoms with van der Waals surface area (Å²) in [7, 11) is 0. The number of halogens is 1. The Labute approximate surface area is 118 Å². The van der Waals surface area contributed by atoms with Crippen molar-refractivity contribution in [3.05, 3.63) is 12.2 Å². The summed E-state index contributed by atoms with van der Waals surface area (Å²) >= 11 is 3.46. The molecule has 18 heavy (non-hydrogen) atoms. The van der Waals surface area contributed by atoms with Crippen LogP contribution >= 0.6 is 15.9 Å². The Bertz CT molecular complexity index is 258. The monoisotopic (exact) mass is 324 g/mol. The molecule has 1 unspecified atom stereocenters. The molecule has 0 saturated heterocycles. The topological polar surface area (TPSA) is 47.9 Å². The Morgan fingerprint density at radius 2 is 1.72 bits per heavy atom. The van der Waals surface area contributed by atoms with Crippen molar-refractivity contribution in [1.29, 1.82) is 0 Å². The van der Waals surface area contributed by atoms with E-state index in [-0.39, 0.29) is 15.8 Å². The van der Waals surface area contributed by atoms with E-state index in [2.05, 4.69) is 27.4 Å². The number of alkyl halides is 1. The summed E-state index contributed by atoms with van der Waals surface area (Å²) in [5.41, 5.74) is 0.607. The van der Waals surface area contributed by atoms with Crippen LogP contribution in [0.5, 0.6) is 0 Å². The van der Waals surface area contributed by atoms with Gasteiger partial charge in [0.15, 0.2) is 0 Å². The van der Waals surface area contributed by atoms with Crippen molar-refractivity contribution in [3.63, 3.8) is 0 Å². The molecule has 0 aromatic rings. The summed E-state index contributed by atoms with van der Waals surface area (Å²) in [6.07, 6.45) is 0.233. The predicted octanol–water partition coefficient (Wildman–Crippen LogP) is 3.96. The highest BCUT2D eigenvalue weighted by atomic mass is 79.9. The van der Waals surface area contributed by atoms with Crippen molar-refractivity contribution >= 4 is 15.9 Å². The highest BCUT2D eigenvalue weighted by Crippen LogP contribution is 2.27. The molecule has 0 bridgehead atoms. The van der Waals surface area contributed by atoms with Crippen LogP contribution in [0.3, 0.4) is 0 Å². The van der Waals surface area contributed by atoms with E-state index >= 15 is 0 Å². The van der Waals surface area contributed by atoms with E-state index in [1.54, 1.807) is 0 Å². The third-order valence-electron chi connectivity index (χ3n) is 2.35. The molecule has 0 aromatic heterocycles. The van der Waals surface area contributed by atoms with Crippen LogP contribution < -0.4 is 0 Å². The highest BCUT2D eigenvalue weighted by molar-refractivity contribution is 9.10. The second kappa shape index (κ2) is 7.60. The van der Waals surface area contributed by atoms with Crippen molar-refractivity contribution < 1.29 is 19.9 Å².